The Labute approximate surface area is 119 Å². The van der Waals surface area contributed by atoms with Crippen LogP contribution in [0.5, 0.6) is 0 Å². The molecule has 6 nitrogen and oxygen atoms in total. The summed E-state index contributed by atoms with van der Waals surface area (Å²) in [6, 6.07) is 0. The molecule has 0 fully saturated rings. The third-order valence-corrected chi connectivity index (χ3v) is 4.13. The molecule has 102 valence electrons. The lowest BCUT2D eigenvalue weighted by molar-refractivity contribution is 0.0955. The van der Waals surface area contributed by atoms with Crippen LogP contribution in [0.3, 0.4) is 0 Å². The van der Waals surface area contributed by atoms with Crippen LogP contribution < -0.4 is 16.4 Å². The summed E-state index contributed by atoms with van der Waals surface area (Å²) in [7, 11) is 0. The zero-order valence-corrected chi connectivity index (χ0v) is 12.3. The van der Waals surface area contributed by atoms with Crippen molar-refractivity contribution in [1.82, 2.24) is 15.3 Å². The van der Waals surface area contributed by atoms with Crippen LogP contribution in [0.25, 0.3) is 0 Å². The smallest absolute Gasteiger partial charge is 0.265 e. The molecule has 0 saturated heterocycles. The number of aryl methyl sites for hydroxylation is 1. The number of hydrogen-bond acceptors (Lipinski definition) is 7. The Kier molecular flexibility index (Phi) is 4.33. The summed E-state index contributed by atoms with van der Waals surface area (Å²) >= 11 is 2.81. The van der Waals surface area contributed by atoms with Gasteiger partial charge in [0.15, 0.2) is 5.13 Å². The van der Waals surface area contributed by atoms with E-state index in [1.54, 1.807) is 11.3 Å². The second-order valence-corrected chi connectivity index (χ2v) is 5.87. The van der Waals surface area contributed by atoms with Crippen LogP contribution in [0.4, 0.5) is 10.9 Å². The Bertz CT molecular complexity index is 577. The molecule has 19 heavy (non-hydrogen) atoms. The summed E-state index contributed by atoms with van der Waals surface area (Å²) in [5, 5.41) is 9.40. The molecule has 2 aromatic rings. The van der Waals surface area contributed by atoms with Crippen molar-refractivity contribution in [1.29, 1.82) is 0 Å². The average Bonchev–Trinajstić information content (AvgIpc) is 2.93. The van der Waals surface area contributed by atoms with Crippen LogP contribution in [0.2, 0.25) is 0 Å². The van der Waals surface area contributed by atoms with Crippen molar-refractivity contribution in [2.24, 2.45) is 0 Å². The standard InChI is InChI=1S/C11H15N5OS2/c1-3-13-11-16-9(12)8(19-11)10(17)14-4-7-5-18-6(2)15-7/h5H,3-4,12H2,1-2H3,(H,13,16)(H,14,17). The lowest BCUT2D eigenvalue weighted by Gasteiger charge is -2.00. The van der Waals surface area contributed by atoms with Gasteiger partial charge in [-0.1, -0.05) is 11.3 Å². The second kappa shape index (κ2) is 5.98. The molecule has 2 rings (SSSR count). The minimum atomic E-state index is -0.218. The average molecular weight is 297 g/mol. The molecule has 0 aliphatic rings. The third kappa shape index (κ3) is 3.42. The maximum absolute atomic E-state index is 12.0. The molecular formula is C11H15N5OS2. The van der Waals surface area contributed by atoms with Gasteiger partial charge in [0.1, 0.15) is 10.7 Å². The third-order valence-electron chi connectivity index (χ3n) is 2.28. The topological polar surface area (TPSA) is 92.9 Å². The highest BCUT2D eigenvalue weighted by Gasteiger charge is 2.15. The highest BCUT2D eigenvalue weighted by molar-refractivity contribution is 7.18. The van der Waals surface area contributed by atoms with Crippen LogP contribution in [-0.2, 0) is 6.54 Å². The first kappa shape index (κ1) is 13.8. The Morgan fingerprint density at radius 2 is 2.26 bits per heavy atom. The van der Waals surface area contributed by atoms with Gasteiger partial charge in [0, 0.05) is 11.9 Å². The molecule has 4 N–H and O–H groups in total. The van der Waals surface area contributed by atoms with E-state index < -0.39 is 0 Å². The van der Waals surface area contributed by atoms with E-state index in [-0.39, 0.29) is 11.7 Å². The van der Waals surface area contributed by atoms with Gasteiger partial charge in [-0.3, -0.25) is 4.79 Å². The van der Waals surface area contributed by atoms with Gasteiger partial charge in [0.05, 0.1) is 17.2 Å². The SMILES string of the molecule is CCNc1nc(N)c(C(=O)NCc2csc(C)n2)s1. The molecule has 2 aromatic heterocycles. The summed E-state index contributed by atoms with van der Waals surface area (Å²) in [6.07, 6.45) is 0. The minimum absolute atomic E-state index is 0.218. The quantitative estimate of drug-likeness (QED) is 0.783. The predicted molar refractivity (Wildman–Crippen MR) is 78.7 cm³/mol. The van der Waals surface area contributed by atoms with Crippen LogP contribution in [0.1, 0.15) is 27.3 Å². The maximum atomic E-state index is 12.0. The van der Waals surface area contributed by atoms with Crippen molar-refractivity contribution in [2.45, 2.75) is 20.4 Å². The number of nitrogens with one attached hydrogen (secondary N) is 2. The van der Waals surface area contributed by atoms with Crippen LogP contribution in [0, 0.1) is 6.92 Å². The summed E-state index contributed by atoms with van der Waals surface area (Å²) in [5.74, 6) is 0.0396. The van der Waals surface area contributed by atoms with Gasteiger partial charge in [0.25, 0.3) is 5.91 Å². The lowest BCUT2D eigenvalue weighted by Crippen LogP contribution is -2.22. The van der Waals surface area contributed by atoms with Crippen LogP contribution in [-0.4, -0.2) is 22.4 Å². The summed E-state index contributed by atoms with van der Waals surface area (Å²) in [4.78, 5) is 20.8. The monoisotopic (exact) mass is 297 g/mol. The molecule has 2 heterocycles. The molecule has 0 radical (unpaired) electrons. The van der Waals surface area contributed by atoms with Crippen molar-refractivity contribution in [3.05, 3.63) is 21.0 Å². The van der Waals surface area contributed by atoms with E-state index in [1.807, 2.05) is 19.2 Å². The van der Waals surface area contributed by atoms with Gasteiger partial charge in [-0.05, 0) is 13.8 Å². The lowest BCUT2D eigenvalue weighted by atomic mass is 10.4. The number of anilines is 2. The largest absolute Gasteiger partial charge is 0.382 e. The van der Waals surface area contributed by atoms with Gasteiger partial charge in [-0.15, -0.1) is 11.3 Å². The predicted octanol–water partition coefficient (Wildman–Crippen LogP) is 1.85. The first-order chi connectivity index (χ1) is 9.10. The Hall–Kier alpha value is -1.67. The number of hydrogen-bond donors (Lipinski definition) is 3. The van der Waals surface area contributed by atoms with E-state index in [0.29, 0.717) is 16.6 Å². The first-order valence-electron chi connectivity index (χ1n) is 5.79. The first-order valence-corrected chi connectivity index (χ1v) is 7.49. The zero-order chi connectivity index (χ0) is 13.8. The van der Waals surface area contributed by atoms with Crippen LogP contribution >= 0.6 is 22.7 Å². The van der Waals surface area contributed by atoms with Crippen molar-refractivity contribution in [2.75, 3.05) is 17.6 Å². The van der Waals surface area contributed by atoms with E-state index in [0.717, 1.165) is 17.2 Å². The minimum Gasteiger partial charge on any atom is -0.382 e. The molecular weight excluding hydrogens is 282 g/mol. The number of thiazole rings is 2. The number of rotatable bonds is 5. The molecule has 0 atom stereocenters. The second-order valence-electron chi connectivity index (χ2n) is 3.80. The van der Waals surface area contributed by atoms with Crippen LogP contribution in [0.15, 0.2) is 5.38 Å². The summed E-state index contributed by atoms with van der Waals surface area (Å²) in [6.45, 7) is 5.03. The van der Waals surface area contributed by atoms with Crippen molar-refractivity contribution >= 4 is 39.5 Å². The summed E-state index contributed by atoms with van der Waals surface area (Å²) in [5.41, 5.74) is 6.58. The van der Waals surface area contributed by atoms with Crippen molar-refractivity contribution in [3.63, 3.8) is 0 Å². The number of amides is 1. The Morgan fingerprint density at radius 1 is 1.47 bits per heavy atom. The number of carbonyl (C=O) groups is 1. The van der Waals surface area contributed by atoms with Gasteiger partial charge in [-0.2, -0.15) is 0 Å². The zero-order valence-electron chi connectivity index (χ0n) is 10.7. The number of nitrogens with zero attached hydrogens (tertiary/aromatic N) is 2. The van der Waals surface area contributed by atoms with Gasteiger partial charge < -0.3 is 16.4 Å². The number of aromatic nitrogens is 2. The number of carbonyl (C=O) groups excluding carboxylic acids is 1. The molecule has 0 aromatic carbocycles. The number of nitrogens with two attached hydrogens (primary N) is 1. The number of nitrogen functional groups attached to an aromatic ring is 1. The van der Waals surface area contributed by atoms with E-state index >= 15 is 0 Å². The fourth-order valence-corrected chi connectivity index (χ4v) is 2.94. The fraction of sp³-hybridized carbons (Fsp3) is 0.364. The highest BCUT2D eigenvalue weighted by atomic mass is 32.1. The van der Waals surface area contributed by atoms with E-state index in [2.05, 4.69) is 20.6 Å². The van der Waals surface area contributed by atoms with E-state index in [4.69, 9.17) is 5.73 Å². The molecule has 0 saturated carbocycles. The summed E-state index contributed by atoms with van der Waals surface area (Å²) < 4.78 is 0. The highest BCUT2D eigenvalue weighted by Crippen LogP contribution is 2.24. The van der Waals surface area contributed by atoms with E-state index in [9.17, 15) is 4.79 Å². The molecule has 0 aliphatic heterocycles. The molecule has 8 heteroatoms. The van der Waals surface area contributed by atoms with Gasteiger partial charge in [-0.25, -0.2) is 9.97 Å². The Morgan fingerprint density at radius 3 is 2.89 bits per heavy atom. The normalized spacial score (nSPS) is 10.4. The van der Waals surface area contributed by atoms with Gasteiger partial charge >= 0.3 is 0 Å². The molecule has 0 aliphatic carbocycles. The maximum Gasteiger partial charge on any atom is 0.265 e. The van der Waals surface area contributed by atoms with Crippen molar-refractivity contribution in [3.8, 4) is 0 Å². The van der Waals surface area contributed by atoms with E-state index in [1.165, 1.54) is 11.3 Å². The van der Waals surface area contributed by atoms with Crippen molar-refractivity contribution < 1.29 is 4.79 Å². The molecule has 0 spiro atoms. The molecule has 0 unspecified atom stereocenters. The fourth-order valence-electron chi connectivity index (χ4n) is 1.46. The molecule has 1 amide bonds. The molecule has 0 bridgehead atoms. The van der Waals surface area contributed by atoms with Gasteiger partial charge in [0.2, 0.25) is 0 Å². The Balaban J connectivity index is 1.99.